The van der Waals surface area contributed by atoms with Crippen LogP contribution in [0.3, 0.4) is 0 Å². The predicted octanol–water partition coefficient (Wildman–Crippen LogP) is 1.45. The minimum absolute atomic E-state index is 0.0521. The van der Waals surface area contributed by atoms with Gasteiger partial charge < -0.3 is 0 Å². The molecular weight excluding hydrogens is 168 g/mol. The second kappa shape index (κ2) is 2.72. The first-order valence-electron chi connectivity index (χ1n) is 2.65. The van der Waals surface area contributed by atoms with E-state index in [1.54, 1.807) is 6.07 Å². The van der Waals surface area contributed by atoms with Crippen LogP contribution in [0.5, 0.6) is 0 Å². The molecule has 0 aliphatic rings. The summed E-state index contributed by atoms with van der Waals surface area (Å²) < 4.78 is 21.2. The van der Waals surface area contributed by atoms with E-state index in [1.807, 2.05) is 10.8 Å². The van der Waals surface area contributed by atoms with Crippen molar-refractivity contribution in [1.82, 2.24) is 0 Å². The summed E-state index contributed by atoms with van der Waals surface area (Å²) in [6, 6.07) is 1.79. The highest BCUT2D eigenvalue weighted by atomic mass is 32.2. The smallest absolute Gasteiger partial charge is 0.155 e. The molecule has 0 unspecified atom stereocenters. The van der Waals surface area contributed by atoms with Crippen molar-refractivity contribution >= 4 is 21.2 Å². The zero-order valence-corrected chi connectivity index (χ0v) is 6.91. The van der Waals surface area contributed by atoms with Crippen molar-refractivity contribution in [2.75, 3.05) is 0 Å². The Morgan fingerprint density at radius 2 is 2.30 bits per heavy atom. The fraction of sp³-hybridized carbons (Fsp3) is 0.167. The van der Waals surface area contributed by atoms with Crippen molar-refractivity contribution in [2.45, 2.75) is 5.75 Å². The molecule has 0 fully saturated rings. The molecule has 0 aromatic carbocycles. The Balaban J connectivity index is 2.75. The van der Waals surface area contributed by atoms with Gasteiger partial charge in [0.05, 0.1) is 12.0 Å². The van der Waals surface area contributed by atoms with Crippen molar-refractivity contribution in [3.63, 3.8) is 0 Å². The lowest BCUT2D eigenvalue weighted by atomic mass is 10.4. The minimum Gasteiger partial charge on any atom is -0.228 e. The Hall–Kier alpha value is -0.350. The molecule has 55 valence electrons. The normalized spacial score (nSPS) is 11.7. The van der Waals surface area contributed by atoms with Gasteiger partial charge in [0, 0.05) is 0 Å². The summed E-state index contributed by atoms with van der Waals surface area (Å²) in [6.45, 7) is 0. The average Bonchev–Trinajstić information content (AvgIpc) is 2.12. The van der Waals surface area contributed by atoms with Crippen LogP contribution in [-0.4, -0.2) is 8.42 Å². The Labute approximate surface area is 64.4 Å². The molecule has 10 heavy (non-hydrogen) atoms. The van der Waals surface area contributed by atoms with E-state index in [0.717, 1.165) is 5.56 Å². The van der Waals surface area contributed by atoms with Gasteiger partial charge in [0.15, 0.2) is 9.84 Å². The second-order valence-corrected chi connectivity index (χ2v) is 4.58. The molecule has 0 N–H and O–H groups in total. The molecule has 1 aromatic heterocycles. The topological polar surface area (TPSA) is 34.1 Å². The van der Waals surface area contributed by atoms with Gasteiger partial charge in [0.1, 0.15) is 0 Å². The molecular formula is C6H7O2S2. The maximum Gasteiger partial charge on any atom is 0.155 e. The number of rotatable bonds is 2. The highest BCUT2D eigenvalue weighted by Crippen LogP contribution is 2.09. The number of thiophene rings is 1. The lowest BCUT2D eigenvalue weighted by Gasteiger charge is -1.91. The SMILES string of the molecule is [CH2]S(=O)(=O)Cc1ccsc1. The fourth-order valence-electron chi connectivity index (χ4n) is 0.629. The highest BCUT2D eigenvalue weighted by Gasteiger charge is 2.03. The molecule has 0 atom stereocenters. The van der Waals surface area contributed by atoms with E-state index in [2.05, 4.69) is 6.26 Å². The van der Waals surface area contributed by atoms with E-state index in [9.17, 15) is 8.42 Å². The summed E-state index contributed by atoms with van der Waals surface area (Å²) in [5, 5.41) is 3.66. The number of sulfone groups is 1. The summed E-state index contributed by atoms with van der Waals surface area (Å²) in [7, 11) is -3.09. The van der Waals surface area contributed by atoms with E-state index in [4.69, 9.17) is 0 Å². The van der Waals surface area contributed by atoms with Gasteiger partial charge in [-0.05, 0) is 22.4 Å². The molecule has 0 bridgehead atoms. The van der Waals surface area contributed by atoms with Crippen LogP contribution >= 0.6 is 11.3 Å². The first kappa shape index (κ1) is 7.75. The highest BCUT2D eigenvalue weighted by molar-refractivity contribution is 7.91. The van der Waals surface area contributed by atoms with Gasteiger partial charge in [-0.15, -0.1) is 0 Å². The zero-order valence-electron chi connectivity index (χ0n) is 5.28. The summed E-state index contributed by atoms with van der Waals surface area (Å²) >= 11 is 1.49. The van der Waals surface area contributed by atoms with Gasteiger partial charge in [0.25, 0.3) is 0 Å². The van der Waals surface area contributed by atoms with Gasteiger partial charge in [-0.1, -0.05) is 0 Å². The molecule has 2 nitrogen and oxygen atoms in total. The van der Waals surface area contributed by atoms with E-state index >= 15 is 0 Å². The largest absolute Gasteiger partial charge is 0.228 e. The summed E-state index contributed by atoms with van der Waals surface area (Å²) in [5.41, 5.74) is 0.819. The van der Waals surface area contributed by atoms with Crippen LogP contribution in [-0.2, 0) is 15.6 Å². The van der Waals surface area contributed by atoms with Crippen LogP contribution < -0.4 is 0 Å². The lowest BCUT2D eigenvalue weighted by molar-refractivity contribution is 0.603. The van der Waals surface area contributed by atoms with Gasteiger partial charge in [-0.2, -0.15) is 11.3 Å². The molecule has 1 rings (SSSR count). The molecule has 0 aliphatic heterocycles. The van der Waals surface area contributed by atoms with Gasteiger partial charge in [-0.25, -0.2) is 8.42 Å². The maximum absolute atomic E-state index is 10.6. The first-order chi connectivity index (χ1) is 4.58. The summed E-state index contributed by atoms with van der Waals surface area (Å²) in [6.07, 6.45) is 3.02. The standard InChI is InChI=1S/C6H7O2S2/c1-10(7,8)5-6-2-3-9-4-6/h2-4H,1,5H2. The molecule has 4 heteroatoms. The first-order valence-corrected chi connectivity index (χ1v) is 5.41. The maximum atomic E-state index is 10.6. The average molecular weight is 175 g/mol. The Kier molecular flexibility index (Phi) is 2.11. The molecule has 0 amide bonds. The van der Waals surface area contributed by atoms with Crippen LogP contribution in [0, 0.1) is 6.26 Å². The number of hydrogen-bond acceptors (Lipinski definition) is 3. The van der Waals surface area contributed by atoms with Crippen molar-refractivity contribution in [2.24, 2.45) is 0 Å². The van der Waals surface area contributed by atoms with Crippen LogP contribution in [0.2, 0.25) is 0 Å². The Morgan fingerprint density at radius 1 is 1.60 bits per heavy atom. The van der Waals surface area contributed by atoms with Crippen molar-refractivity contribution in [3.05, 3.63) is 28.6 Å². The van der Waals surface area contributed by atoms with Gasteiger partial charge in [-0.3, -0.25) is 0 Å². The monoisotopic (exact) mass is 175 g/mol. The quantitative estimate of drug-likeness (QED) is 0.682. The third kappa shape index (κ3) is 2.49. The van der Waals surface area contributed by atoms with Gasteiger partial charge in [0.2, 0.25) is 0 Å². The van der Waals surface area contributed by atoms with E-state index in [0.29, 0.717) is 0 Å². The lowest BCUT2D eigenvalue weighted by Crippen LogP contribution is -1.95. The number of hydrogen-bond donors (Lipinski definition) is 0. The van der Waals surface area contributed by atoms with E-state index in [-0.39, 0.29) is 5.75 Å². The van der Waals surface area contributed by atoms with Crippen molar-refractivity contribution in [3.8, 4) is 0 Å². The Morgan fingerprint density at radius 3 is 2.70 bits per heavy atom. The molecule has 1 radical (unpaired) electrons. The Bertz CT molecular complexity index is 284. The predicted molar refractivity (Wildman–Crippen MR) is 42.3 cm³/mol. The summed E-state index contributed by atoms with van der Waals surface area (Å²) in [4.78, 5) is 0. The van der Waals surface area contributed by atoms with Crippen molar-refractivity contribution < 1.29 is 8.42 Å². The van der Waals surface area contributed by atoms with Crippen LogP contribution in [0.15, 0.2) is 16.8 Å². The van der Waals surface area contributed by atoms with Gasteiger partial charge >= 0.3 is 0 Å². The fourth-order valence-corrected chi connectivity index (χ4v) is 2.09. The van der Waals surface area contributed by atoms with E-state index < -0.39 is 9.84 Å². The van der Waals surface area contributed by atoms with Crippen LogP contribution in [0.1, 0.15) is 5.56 Å². The molecule has 0 saturated heterocycles. The van der Waals surface area contributed by atoms with Crippen LogP contribution in [0.25, 0.3) is 0 Å². The molecule has 1 heterocycles. The zero-order chi connectivity index (χ0) is 7.61. The minimum atomic E-state index is -3.09. The van der Waals surface area contributed by atoms with Crippen molar-refractivity contribution in [1.29, 1.82) is 0 Å². The molecule has 0 spiro atoms. The van der Waals surface area contributed by atoms with E-state index in [1.165, 1.54) is 11.3 Å². The molecule has 0 aliphatic carbocycles. The third-order valence-corrected chi connectivity index (χ3v) is 2.47. The molecule has 1 aromatic rings. The molecule has 0 saturated carbocycles. The third-order valence-electron chi connectivity index (χ3n) is 0.967. The van der Waals surface area contributed by atoms with Crippen LogP contribution in [0.4, 0.5) is 0 Å². The summed E-state index contributed by atoms with van der Waals surface area (Å²) in [5.74, 6) is 0.0521. The second-order valence-electron chi connectivity index (χ2n) is 2.02.